The van der Waals surface area contributed by atoms with Gasteiger partial charge in [0.15, 0.2) is 0 Å². The molecule has 1 fully saturated rings. The second kappa shape index (κ2) is 7.89. The molecule has 0 spiro atoms. The Labute approximate surface area is 155 Å². The Morgan fingerprint density at radius 1 is 1.23 bits per heavy atom. The highest BCUT2D eigenvalue weighted by molar-refractivity contribution is 5.88. The molecule has 1 aromatic carbocycles. The molecular weight excluding hydrogens is 328 g/mol. The maximum Gasteiger partial charge on any atom is 0.410 e. The van der Waals surface area contributed by atoms with E-state index in [1.807, 2.05) is 49.9 Å². The minimum atomic E-state index is -0.432. The summed E-state index contributed by atoms with van der Waals surface area (Å²) < 4.78 is 5.45. The van der Waals surface area contributed by atoms with E-state index in [4.69, 9.17) is 4.74 Å². The van der Waals surface area contributed by atoms with Gasteiger partial charge in [-0.25, -0.2) is 14.8 Å². The van der Waals surface area contributed by atoms with E-state index in [2.05, 4.69) is 15.3 Å². The number of hydrogen-bond donors (Lipinski definition) is 1. The molecule has 0 unspecified atom stereocenters. The van der Waals surface area contributed by atoms with Crippen LogP contribution in [0.25, 0.3) is 10.9 Å². The van der Waals surface area contributed by atoms with Crippen molar-refractivity contribution in [1.29, 1.82) is 0 Å². The molecule has 6 heteroatoms. The Bertz CT molecular complexity index is 744. The number of amides is 1. The Morgan fingerprint density at radius 2 is 1.96 bits per heavy atom. The van der Waals surface area contributed by atoms with E-state index in [-0.39, 0.29) is 6.09 Å². The molecule has 0 saturated carbocycles. The molecule has 1 aliphatic heterocycles. The average molecular weight is 356 g/mol. The van der Waals surface area contributed by atoms with Crippen molar-refractivity contribution in [3.63, 3.8) is 0 Å². The molecule has 6 nitrogen and oxygen atoms in total. The highest BCUT2D eigenvalue weighted by Gasteiger charge is 2.26. The van der Waals surface area contributed by atoms with E-state index in [0.717, 1.165) is 55.6 Å². The number of rotatable bonds is 4. The summed E-state index contributed by atoms with van der Waals surface area (Å²) in [4.78, 5) is 22.6. The van der Waals surface area contributed by atoms with E-state index in [1.165, 1.54) is 0 Å². The Hall–Kier alpha value is -2.37. The van der Waals surface area contributed by atoms with Crippen LogP contribution in [0.15, 0.2) is 30.6 Å². The van der Waals surface area contributed by atoms with Gasteiger partial charge < -0.3 is 15.0 Å². The third-order valence-electron chi connectivity index (χ3n) is 4.65. The van der Waals surface area contributed by atoms with Crippen molar-refractivity contribution in [3.05, 3.63) is 30.6 Å². The number of para-hydroxylation sites is 1. The zero-order valence-electron chi connectivity index (χ0n) is 15.9. The fourth-order valence-electron chi connectivity index (χ4n) is 3.27. The summed E-state index contributed by atoms with van der Waals surface area (Å²) in [5, 5.41) is 4.49. The van der Waals surface area contributed by atoms with Crippen LogP contribution in [0.5, 0.6) is 0 Å². The van der Waals surface area contributed by atoms with Gasteiger partial charge in [0.2, 0.25) is 0 Å². The van der Waals surface area contributed by atoms with Crippen molar-refractivity contribution < 1.29 is 9.53 Å². The van der Waals surface area contributed by atoms with Crippen LogP contribution < -0.4 is 5.32 Å². The number of carbonyl (C=O) groups excluding carboxylic acids is 1. The molecule has 26 heavy (non-hydrogen) atoms. The quantitative estimate of drug-likeness (QED) is 0.894. The van der Waals surface area contributed by atoms with Crippen molar-refractivity contribution >= 4 is 22.8 Å². The number of aromatic nitrogens is 2. The van der Waals surface area contributed by atoms with Crippen LogP contribution in [0, 0.1) is 5.92 Å². The molecule has 1 aliphatic rings. The summed E-state index contributed by atoms with van der Waals surface area (Å²) in [6.07, 6.45) is 4.52. The molecule has 0 aliphatic carbocycles. The van der Waals surface area contributed by atoms with Crippen LogP contribution in [0.4, 0.5) is 10.6 Å². The molecule has 0 atom stereocenters. The summed E-state index contributed by atoms with van der Waals surface area (Å²) in [6.45, 7) is 8.13. The van der Waals surface area contributed by atoms with Gasteiger partial charge in [-0.2, -0.15) is 0 Å². The van der Waals surface area contributed by atoms with Gasteiger partial charge in [0.25, 0.3) is 0 Å². The number of fused-ring (bicyclic) bond motifs is 1. The fraction of sp³-hybridized carbons (Fsp3) is 0.550. The molecule has 2 aromatic rings. The monoisotopic (exact) mass is 356 g/mol. The second-order valence-corrected chi connectivity index (χ2v) is 7.87. The van der Waals surface area contributed by atoms with E-state index >= 15 is 0 Å². The number of hydrogen-bond acceptors (Lipinski definition) is 5. The summed E-state index contributed by atoms with van der Waals surface area (Å²) >= 11 is 0. The molecule has 1 N–H and O–H groups in total. The Kier molecular flexibility index (Phi) is 5.59. The van der Waals surface area contributed by atoms with Gasteiger partial charge in [-0.3, -0.25) is 0 Å². The lowest BCUT2D eigenvalue weighted by atomic mass is 9.94. The normalized spacial score (nSPS) is 15.9. The number of anilines is 1. The smallest absolute Gasteiger partial charge is 0.410 e. The molecule has 0 bridgehead atoms. The van der Waals surface area contributed by atoms with Crippen molar-refractivity contribution in [3.8, 4) is 0 Å². The van der Waals surface area contributed by atoms with E-state index in [0.29, 0.717) is 5.92 Å². The summed E-state index contributed by atoms with van der Waals surface area (Å²) in [5.74, 6) is 1.51. The minimum Gasteiger partial charge on any atom is -0.444 e. The molecule has 140 valence electrons. The van der Waals surface area contributed by atoms with Crippen LogP contribution in [0.2, 0.25) is 0 Å². The molecule has 1 amide bonds. The van der Waals surface area contributed by atoms with Crippen molar-refractivity contribution in [1.82, 2.24) is 14.9 Å². The lowest BCUT2D eigenvalue weighted by Crippen LogP contribution is -2.41. The van der Waals surface area contributed by atoms with Gasteiger partial charge >= 0.3 is 6.09 Å². The zero-order chi connectivity index (χ0) is 18.6. The van der Waals surface area contributed by atoms with Gasteiger partial charge in [0, 0.05) is 25.0 Å². The first-order chi connectivity index (χ1) is 12.4. The highest BCUT2D eigenvalue weighted by Crippen LogP contribution is 2.23. The van der Waals surface area contributed by atoms with E-state index in [9.17, 15) is 4.79 Å². The van der Waals surface area contributed by atoms with Crippen LogP contribution in [0.1, 0.15) is 40.0 Å². The van der Waals surface area contributed by atoms with Gasteiger partial charge in [-0.15, -0.1) is 0 Å². The van der Waals surface area contributed by atoms with Gasteiger partial charge in [0.1, 0.15) is 17.7 Å². The minimum absolute atomic E-state index is 0.193. The van der Waals surface area contributed by atoms with Crippen LogP contribution in [0.3, 0.4) is 0 Å². The third-order valence-corrected chi connectivity index (χ3v) is 4.65. The first-order valence-corrected chi connectivity index (χ1v) is 9.34. The summed E-state index contributed by atoms with van der Waals surface area (Å²) in [6, 6.07) is 8.02. The van der Waals surface area contributed by atoms with Gasteiger partial charge in [-0.1, -0.05) is 12.1 Å². The van der Waals surface area contributed by atoms with E-state index in [1.54, 1.807) is 6.33 Å². The molecule has 1 aromatic heterocycles. The average Bonchev–Trinajstić information content (AvgIpc) is 2.61. The maximum atomic E-state index is 12.1. The van der Waals surface area contributed by atoms with Gasteiger partial charge in [0.05, 0.1) is 5.52 Å². The number of carbonyl (C=O) groups is 1. The predicted molar refractivity (Wildman–Crippen MR) is 103 cm³/mol. The maximum absolute atomic E-state index is 12.1. The standard InChI is InChI=1S/C20H28N4O2/c1-20(2,3)26-19(25)24-12-9-15(10-13-24)8-11-21-18-16-6-4-5-7-17(16)22-14-23-18/h4-7,14-15H,8-13H2,1-3H3,(H,21,22,23). The fourth-order valence-corrected chi connectivity index (χ4v) is 3.27. The van der Waals surface area contributed by atoms with Crippen molar-refractivity contribution in [2.75, 3.05) is 25.0 Å². The molecule has 3 rings (SSSR count). The molecule has 1 saturated heterocycles. The van der Waals surface area contributed by atoms with Crippen molar-refractivity contribution in [2.45, 2.75) is 45.6 Å². The number of nitrogens with zero attached hydrogens (tertiary/aromatic N) is 3. The number of piperidine rings is 1. The lowest BCUT2D eigenvalue weighted by molar-refractivity contribution is 0.0182. The zero-order valence-corrected chi connectivity index (χ0v) is 15.9. The third kappa shape index (κ3) is 4.84. The van der Waals surface area contributed by atoms with Crippen LogP contribution in [-0.2, 0) is 4.74 Å². The lowest BCUT2D eigenvalue weighted by Gasteiger charge is -2.33. The summed E-state index contributed by atoms with van der Waals surface area (Å²) in [5.41, 5.74) is 0.522. The van der Waals surface area contributed by atoms with Crippen LogP contribution >= 0.6 is 0 Å². The Morgan fingerprint density at radius 3 is 2.69 bits per heavy atom. The first-order valence-electron chi connectivity index (χ1n) is 9.34. The first kappa shape index (κ1) is 18.4. The highest BCUT2D eigenvalue weighted by atomic mass is 16.6. The SMILES string of the molecule is CC(C)(C)OC(=O)N1CCC(CCNc2ncnc3ccccc23)CC1. The Balaban J connectivity index is 1.45. The van der Waals surface area contributed by atoms with Gasteiger partial charge in [-0.05, 0) is 58.1 Å². The summed E-state index contributed by atoms with van der Waals surface area (Å²) in [7, 11) is 0. The number of nitrogens with one attached hydrogen (secondary N) is 1. The predicted octanol–water partition coefficient (Wildman–Crippen LogP) is 4.08. The number of ether oxygens (including phenoxy) is 1. The number of likely N-dealkylation sites (tertiary alicyclic amines) is 1. The van der Waals surface area contributed by atoms with E-state index < -0.39 is 5.60 Å². The molecule has 2 heterocycles. The number of benzene rings is 1. The van der Waals surface area contributed by atoms with Crippen LogP contribution in [-0.4, -0.2) is 46.2 Å². The molecular formula is C20H28N4O2. The largest absolute Gasteiger partial charge is 0.444 e. The van der Waals surface area contributed by atoms with Crippen molar-refractivity contribution in [2.24, 2.45) is 5.92 Å². The topological polar surface area (TPSA) is 67.3 Å². The second-order valence-electron chi connectivity index (χ2n) is 7.87. The molecule has 0 radical (unpaired) electrons.